The first kappa shape index (κ1) is 21.8. The van der Waals surface area contributed by atoms with E-state index in [4.69, 9.17) is 10.2 Å². The monoisotopic (exact) mass is 317 g/mol. The second kappa shape index (κ2) is 17.2. The molecule has 0 saturated carbocycles. The third kappa shape index (κ3) is 17.9. The number of hydroxylamine groups is 2. The van der Waals surface area contributed by atoms with Crippen molar-refractivity contribution in [3.63, 3.8) is 0 Å². The van der Waals surface area contributed by atoms with Crippen molar-refractivity contribution in [3.8, 4) is 0 Å². The van der Waals surface area contributed by atoms with Crippen LogP contribution in [0.15, 0.2) is 0 Å². The molecular formula is C18H39NO3. The second-order valence-electron chi connectivity index (χ2n) is 6.57. The lowest BCUT2D eigenvalue weighted by molar-refractivity contribution is -0.855. The number of unbranched alkanes of at least 4 members (excludes halogenated alkanes) is 13. The summed E-state index contributed by atoms with van der Waals surface area (Å²) >= 11 is 0. The number of aliphatic hydroxyl groups excluding tert-OH is 1. The molecular weight excluding hydrogens is 278 g/mol. The predicted octanol–water partition coefficient (Wildman–Crippen LogP) is 3.16. The minimum absolute atomic E-state index is 0.0334. The van der Waals surface area contributed by atoms with Crippen molar-refractivity contribution < 1.29 is 15.3 Å². The maximum absolute atomic E-state index is 11.3. The number of hydrogen-bond acceptors (Lipinski definition) is 3. The molecule has 0 aromatic heterocycles. The average molecular weight is 318 g/mol. The highest BCUT2D eigenvalue weighted by Gasteiger charge is 2.03. The van der Waals surface area contributed by atoms with Crippen LogP contribution in [0.25, 0.3) is 0 Å². The van der Waals surface area contributed by atoms with Gasteiger partial charge in [-0.25, -0.2) is 0 Å². The Balaban J connectivity index is 3.05. The van der Waals surface area contributed by atoms with Crippen molar-refractivity contribution in [2.75, 3.05) is 13.1 Å². The lowest BCUT2D eigenvalue weighted by atomic mass is 10.0. The van der Waals surface area contributed by atoms with E-state index in [1.54, 1.807) is 0 Å². The van der Waals surface area contributed by atoms with Gasteiger partial charge in [-0.3, -0.25) is 0 Å². The fourth-order valence-electron chi connectivity index (χ4n) is 2.82. The zero-order chi connectivity index (χ0) is 16.5. The van der Waals surface area contributed by atoms with Crippen LogP contribution in [0, 0.1) is 5.21 Å². The summed E-state index contributed by atoms with van der Waals surface area (Å²) in [5.41, 5.74) is 0. The zero-order valence-electron chi connectivity index (χ0n) is 14.7. The van der Waals surface area contributed by atoms with E-state index in [9.17, 15) is 5.21 Å². The molecule has 4 nitrogen and oxygen atoms in total. The molecule has 0 aromatic carbocycles. The first-order valence-electron chi connectivity index (χ1n) is 9.54. The fraction of sp³-hybridized carbons (Fsp3) is 1.00. The van der Waals surface area contributed by atoms with E-state index < -0.39 is 6.29 Å². The fourth-order valence-corrected chi connectivity index (χ4v) is 2.82. The van der Waals surface area contributed by atoms with Gasteiger partial charge in [-0.1, -0.05) is 84.0 Å². The van der Waals surface area contributed by atoms with Crippen LogP contribution in [0.1, 0.15) is 96.8 Å². The van der Waals surface area contributed by atoms with Gasteiger partial charge in [-0.2, -0.15) is 0 Å². The normalized spacial score (nSPS) is 13.0. The molecule has 0 saturated heterocycles. The molecule has 0 aromatic rings. The van der Waals surface area contributed by atoms with Crippen molar-refractivity contribution in [2.45, 2.75) is 103 Å². The Morgan fingerprint density at radius 1 is 0.682 bits per heavy atom. The van der Waals surface area contributed by atoms with Crippen LogP contribution in [-0.2, 0) is 0 Å². The summed E-state index contributed by atoms with van der Waals surface area (Å²) in [6.07, 6.45) is 16.8. The van der Waals surface area contributed by atoms with Crippen LogP contribution >= 0.6 is 0 Å². The molecule has 0 spiro atoms. The Labute approximate surface area is 137 Å². The number of aliphatic hydroxyl groups is 2. The average Bonchev–Trinajstić information content (AvgIpc) is 2.47. The van der Waals surface area contributed by atoms with Crippen LogP contribution < -0.4 is 5.06 Å². The Morgan fingerprint density at radius 3 is 1.41 bits per heavy atom. The third-order valence-corrected chi connectivity index (χ3v) is 4.22. The van der Waals surface area contributed by atoms with Gasteiger partial charge in [-0.05, 0) is 12.8 Å². The van der Waals surface area contributed by atoms with E-state index in [1.807, 2.05) is 0 Å². The minimum atomic E-state index is -1.47. The van der Waals surface area contributed by atoms with Gasteiger partial charge in [0.2, 0.25) is 6.29 Å². The number of hydrogen-bond donors (Lipinski definition) is 3. The maximum Gasteiger partial charge on any atom is 0.202 e. The van der Waals surface area contributed by atoms with E-state index in [1.165, 1.54) is 77.0 Å². The summed E-state index contributed by atoms with van der Waals surface area (Å²) in [4.78, 5) is 0. The van der Waals surface area contributed by atoms with Crippen LogP contribution in [0.3, 0.4) is 0 Å². The molecule has 0 aliphatic rings. The maximum atomic E-state index is 11.3. The first-order chi connectivity index (χ1) is 10.7. The second-order valence-corrected chi connectivity index (χ2v) is 6.57. The summed E-state index contributed by atoms with van der Waals surface area (Å²) in [5.74, 6) is 0. The van der Waals surface area contributed by atoms with Gasteiger partial charge in [0.15, 0.2) is 0 Å². The smallest absolute Gasteiger partial charge is 0.202 e. The highest BCUT2D eigenvalue weighted by atomic mass is 16.5. The van der Waals surface area contributed by atoms with Gasteiger partial charge in [0.1, 0.15) is 6.54 Å². The molecule has 0 amide bonds. The van der Waals surface area contributed by atoms with Gasteiger partial charge < -0.3 is 20.5 Å². The lowest BCUT2D eigenvalue weighted by Gasteiger charge is -2.22. The van der Waals surface area contributed by atoms with Crippen molar-refractivity contribution in [1.29, 1.82) is 0 Å². The number of quaternary nitrogens is 1. The molecule has 0 radical (unpaired) electrons. The summed E-state index contributed by atoms with van der Waals surface area (Å²) in [6, 6.07) is 0. The molecule has 1 unspecified atom stereocenters. The highest BCUT2D eigenvalue weighted by Crippen LogP contribution is 2.12. The first-order valence-corrected chi connectivity index (χ1v) is 9.54. The summed E-state index contributed by atoms with van der Waals surface area (Å²) in [5, 5.41) is 28.6. The van der Waals surface area contributed by atoms with Crippen molar-refractivity contribution >= 4 is 0 Å². The third-order valence-electron chi connectivity index (χ3n) is 4.22. The number of rotatable bonds is 17. The quantitative estimate of drug-likeness (QED) is 0.219. The Bertz CT molecular complexity index is 213. The molecule has 1 atom stereocenters. The van der Waals surface area contributed by atoms with Crippen LogP contribution in [0.5, 0.6) is 0 Å². The van der Waals surface area contributed by atoms with E-state index >= 15 is 0 Å². The standard InChI is InChI=1S/C18H39NO3/c1-2-3-4-5-6-7-8-9-10-11-12-13-14-15-16-19(22)17-18(20)21/h18-21H,2-17H2,1H3. The number of nitrogens with one attached hydrogen (secondary N) is 1. The molecule has 0 aliphatic heterocycles. The van der Waals surface area contributed by atoms with Crippen LogP contribution in [0.2, 0.25) is 0 Å². The Kier molecular flexibility index (Phi) is 17.1. The van der Waals surface area contributed by atoms with E-state index in [2.05, 4.69) is 6.92 Å². The molecule has 134 valence electrons. The van der Waals surface area contributed by atoms with Gasteiger partial charge in [-0.15, -0.1) is 0 Å². The molecule has 0 fully saturated rings. The van der Waals surface area contributed by atoms with Gasteiger partial charge >= 0.3 is 0 Å². The molecule has 0 aliphatic carbocycles. The largest absolute Gasteiger partial charge is 0.634 e. The van der Waals surface area contributed by atoms with Gasteiger partial charge in [0, 0.05) is 0 Å². The van der Waals surface area contributed by atoms with Gasteiger partial charge in [0.25, 0.3) is 0 Å². The summed E-state index contributed by atoms with van der Waals surface area (Å²) in [6.45, 7) is 2.64. The topological polar surface area (TPSA) is 68.0 Å². The molecule has 0 rings (SSSR count). The van der Waals surface area contributed by atoms with Crippen LogP contribution in [-0.4, -0.2) is 29.6 Å². The molecule has 4 heteroatoms. The highest BCUT2D eigenvalue weighted by molar-refractivity contribution is 4.49. The van der Waals surface area contributed by atoms with Crippen molar-refractivity contribution in [2.24, 2.45) is 0 Å². The SMILES string of the molecule is CCCCCCCCCCCCCCCC[NH+]([O-])CC(O)O. The Morgan fingerprint density at radius 2 is 1.05 bits per heavy atom. The van der Waals surface area contributed by atoms with Gasteiger partial charge in [0.05, 0.1) is 6.54 Å². The van der Waals surface area contributed by atoms with E-state index in [0.717, 1.165) is 12.8 Å². The Hall–Kier alpha value is -0.160. The van der Waals surface area contributed by atoms with E-state index in [0.29, 0.717) is 6.54 Å². The zero-order valence-corrected chi connectivity index (χ0v) is 14.7. The minimum Gasteiger partial charge on any atom is -0.634 e. The molecule has 0 heterocycles. The van der Waals surface area contributed by atoms with Crippen LogP contribution in [0.4, 0.5) is 0 Å². The van der Waals surface area contributed by atoms with Crippen molar-refractivity contribution in [3.05, 3.63) is 5.21 Å². The molecule has 3 N–H and O–H groups in total. The van der Waals surface area contributed by atoms with E-state index in [-0.39, 0.29) is 11.6 Å². The molecule has 0 bridgehead atoms. The molecule has 22 heavy (non-hydrogen) atoms. The predicted molar refractivity (Wildman–Crippen MR) is 92.6 cm³/mol. The summed E-state index contributed by atoms with van der Waals surface area (Å²) in [7, 11) is 0. The lowest BCUT2D eigenvalue weighted by Crippen LogP contribution is -3.08. The summed E-state index contributed by atoms with van der Waals surface area (Å²) < 4.78 is 0. The van der Waals surface area contributed by atoms with Crippen molar-refractivity contribution in [1.82, 2.24) is 0 Å².